The van der Waals surface area contributed by atoms with Crippen molar-refractivity contribution in [3.8, 4) is 0 Å². The van der Waals surface area contributed by atoms with E-state index in [-0.39, 0.29) is 32.7 Å². The Morgan fingerprint density at radius 1 is 1.55 bits per heavy atom. The van der Waals surface area contributed by atoms with Crippen LogP contribution in [0.1, 0.15) is 6.92 Å². The van der Waals surface area contributed by atoms with E-state index < -0.39 is 16.5 Å². The van der Waals surface area contributed by atoms with Gasteiger partial charge in [0, 0.05) is 39.8 Å². The van der Waals surface area contributed by atoms with Crippen LogP contribution in [0.4, 0.5) is 0 Å². The number of hydrogen-bond donors (Lipinski definition) is 0. The second-order valence-corrected chi connectivity index (χ2v) is 2.59. The van der Waals surface area contributed by atoms with E-state index in [1.165, 1.54) is 14.0 Å². The second-order valence-electron chi connectivity index (χ2n) is 1.58. The van der Waals surface area contributed by atoms with Crippen molar-refractivity contribution in [3.05, 3.63) is 6.61 Å². The minimum Gasteiger partial charge on any atom is -0.727 e. The summed E-state index contributed by atoms with van der Waals surface area (Å²) in [7, 11) is -3.25. The summed E-state index contributed by atoms with van der Waals surface area (Å²) in [5, 5.41) is 0. The molecule has 7 heteroatoms. The van der Waals surface area contributed by atoms with Gasteiger partial charge in [0.15, 0.2) is 10.4 Å². The van der Waals surface area contributed by atoms with Crippen molar-refractivity contribution in [1.82, 2.24) is 0 Å². The van der Waals surface area contributed by atoms with Gasteiger partial charge < -0.3 is 13.5 Å². The molecule has 65 valence electrons. The van der Waals surface area contributed by atoms with Crippen LogP contribution in [0.25, 0.3) is 0 Å². The van der Waals surface area contributed by atoms with Crippen LogP contribution in [-0.4, -0.2) is 26.2 Å². The zero-order valence-electron chi connectivity index (χ0n) is 6.18. The fraction of sp³-hybridized carbons (Fsp3) is 0.750. The molecule has 0 aromatic carbocycles. The minimum absolute atomic E-state index is 0. The molecule has 0 aliphatic heterocycles. The van der Waals surface area contributed by atoms with E-state index in [1.54, 1.807) is 0 Å². The summed E-state index contributed by atoms with van der Waals surface area (Å²) in [4.78, 5) is 0. The summed E-state index contributed by atoms with van der Waals surface area (Å²) < 4.78 is 37.7. The van der Waals surface area contributed by atoms with Crippen molar-refractivity contribution < 1.29 is 54.6 Å². The molecule has 0 aliphatic carbocycles. The van der Waals surface area contributed by atoms with Crippen molar-refractivity contribution in [1.29, 1.82) is 0 Å². The van der Waals surface area contributed by atoms with Crippen LogP contribution in [0.15, 0.2) is 0 Å². The fourth-order valence-electron chi connectivity index (χ4n) is 0.202. The van der Waals surface area contributed by atoms with Crippen LogP contribution in [0.5, 0.6) is 0 Å². The van der Waals surface area contributed by atoms with E-state index in [0.717, 1.165) is 6.61 Å². The summed E-state index contributed by atoms with van der Waals surface area (Å²) in [6.45, 7) is 2.34. The molecule has 11 heavy (non-hydrogen) atoms. The quantitative estimate of drug-likeness (QED) is 0.391. The third kappa shape index (κ3) is 10.9. The van der Waals surface area contributed by atoms with Crippen LogP contribution in [0, 0.1) is 6.61 Å². The van der Waals surface area contributed by atoms with Crippen LogP contribution >= 0.6 is 0 Å². The molecule has 0 fully saturated rings. The standard InChI is InChI=1S/C4H9O5S.Y/c1-4(8-2)3-9-10(5,6)7;/h3-4H,1-2H3,(H,5,6,7);/q-1;/p-1. The second kappa shape index (κ2) is 6.45. The van der Waals surface area contributed by atoms with Crippen molar-refractivity contribution in [2.45, 2.75) is 13.0 Å². The maximum atomic E-state index is 9.79. The molecule has 0 aromatic rings. The molecular formula is C4H8O5SY-2. The first-order valence-corrected chi connectivity index (χ1v) is 3.79. The Morgan fingerprint density at radius 2 is 2.00 bits per heavy atom. The van der Waals surface area contributed by atoms with Gasteiger partial charge in [-0.15, -0.1) is 0 Å². The molecule has 0 aromatic heterocycles. The first-order chi connectivity index (χ1) is 4.45. The monoisotopic (exact) mass is 257 g/mol. The Labute approximate surface area is 91.3 Å². The zero-order chi connectivity index (χ0) is 8.20. The molecule has 0 amide bonds. The third-order valence-electron chi connectivity index (χ3n) is 0.737. The van der Waals surface area contributed by atoms with Crippen LogP contribution < -0.4 is 0 Å². The molecule has 0 N–H and O–H groups in total. The zero-order valence-corrected chi connectivity index (χ0v) is 9.84. The first-order valence-electron chi connectivity index (χ1n) is 2.46. The Bertz CT molecular complexity index is 177. The van der Waals surface area contributed by atoms with Gasteiger partial charge in [-0.25, -0.2) is 8.42 Å². The summed E-state index contributed by atoms with van der Waals surface area (Å²) in [6.07, 6.45) is -0.510. The predicted octanol–water partition coefficient (Wildman–Crippen LogP) is -0.343. The van der Waals surface area contributed by atoms with Crippen LogP contribution in [0.3, 0.4) is 0 Å². The van der Waals surface area contributed by atoms with E-state index in [2.05, 4.69) is 8.92 Å². The Balaban J connectivity index is 0. The van der Waals surface area contributed by atoms with Gasteiger partial charge in [0.2, 0.25) is 0 Å². The van der Waals surface area contributed by atoms with Crippen molar-refractivity contribution >= 4 is 10.4 Å². The van der Waals surface area contributed by atoms with E-state index >= 15 is 0 Å². The summed E-state index contributed by atoms with van der Waals surface area (Å²) in [6, 6.07) is 0. The van der Waals surface area contributed by atoms with Crippen LogP contribution in [0.2, 0.25) is 0 Å². The fourth-order valence-corrected chi connectivity index (χ4v) is 0.494. The van der Waals surface area contributed by atoms with Crippen molar-refractivity contribution in [3.63, 3.8) is 0 Å². The molecule has 0 saturated carbocycles. The molecular weight excluding hydrogens is 249 g/mol. The summed E-state index contributed by atoms with van der Waals surface area (Å²) in [5.41, 5.74) is 0. The van der Waals surface area contributed by atoms with Crippen molar-refractivity contribution in [2.24, 2.45) is 0 Å². The molecule has 0 saturated heterocycles. The largest absolute Gasteiger partial charge is 0.727 e. The number of hydrogen-bond acceptors (Lipinski definition) is 5. The Kier molecular flexibility index (Phi) is 8.48. The molecule has 1 unspecified atom stereocenters. The Hall–Kier alpha value is 0.934. The number of rotatable bonds is 4. The van der Waals surface area contributed by atoms with E-state index in [9.17, 15) is 13.0 Å². The third-order valence-corrected chi connectivity index (χ3v) is 1.08. The topological polar surface area (TPSA) is 75.7 Å². The van der Waals surface area contributed by atoms with Crippen molar-refractivity contribution in [2.75, 3.05) is 7.11 Å². The predicted molar refractivity (Wildman–Crippen MR) is 31.6 cm³/mol. The molecule has 5 nitrogen and oxygen atoms in total. The summed E-state index contributed by atoms with van der Waals surface area (Å²) in [5.74, 6) is 0. The number of methoxy groups -OCH3 is 1. The van der Waals surface area contributed by atoms with Gasteiger partial charge in [-0.05, 0) is 6.10 Å². The maximum Gasteiger partial charge on any atom is 0.187 e. The summed E-state index contributed by atoms with van der Waals surface area (Å²) >= 11 is 0. The normalized spacial score (nSPS) is 13.7. The van der Waals surface area contributed by atoms with E-state index in [4.69, 9.17) is 0 Å². The molecule has 0 bridgehead atoms. The average molecular weight is 257 g/mol. The van der Waals surface area contributed by atoms with Gasteiger partial charge >= 0.3 is 0 Å². The minimum atomic E-state index is -4.61. The molecule has 0 aliphatic rings. The molecule has 0 spiro atoms. The maximum absolute atomic E-state index is 9.79. The molecule has 0 rings (SSSR count). The van der Waals surface area contributed by atoms with E-state index in [1.807, 2.05) is 0 Å². The van der Waals surface area contributed by atoms with Gasteiger partial charge in [0.1, 0.15) is 0 Å². The van der Waals surface area contributed by atoms with Gasteiger partial charge in [-0.1, -0.05) is 6.92 Å². The number of ether oxygens (including phenoxy) is 1. The van der Waals surface area contributed by atoms with Gasteiger partial charge in [0.05, 0.1) is 0 Å². The van der Waals surface area contributed by atoms with Crippen LogP contribution in [-0.2, 0) is 52.0 Å². The smallest absolute Gasteiger partial charge is 0.187 e. The first kappa shape index (κ1) is 14.5. The van der Waals surface area contributed by atoms with Gasteiger partial charge in [-0.2, -0.15) is 6.61 Å². The average Bonchev–Trinajstić information content (AvgIpc) is 1.81. The molecule has 1 atom stereocenters. The molecule has 0 heterocycles. The Morgan fingerprint density at radius 3 is 2.27 bits per heavy atom. The van der Waals surface area contributed by atoms with Gasteiger partial charge in [-0.3, -0.25) is 0 Å². The van der Waals surface area contributed by atoms with E-state index in [0.29, 0.717) is 0 Å². The molecule has 1 radical (unpaired) electrons. The van der Waals surface area contributed by atoms with Gasteiger partial charge in [0.25, 0.3) is 0 Å². The SMILES string of the molecule is COC(C)[CH-]OS(=O)(=O)[O-].[Y].